The molecular formula is C11H13N5. The van der Waals surface area contributed by atoms with Gasteiger partial charge in [-0.05, 0) is 24.3 Å². The van der Waals surface area contributed by atoms with Crippen molar-refractivity contribution >= 4 is 22.3 Å². The monoisotopic (exact) mass is 215 g/mol. The zero-order valence-corrected chi connectivity index (χ0v) is 8.96. The molecule has 0 bridgehead atoms. The second kappa shape index (κ2) is 3.07. The second-order valence-electron chi connectivity index (χ2n) is 3.94. The molecule has 1 aromatic heterocycles. The Hall–Kier alpha value is -1.85. The smallest absolute Gasteiger partial charge is 0.169 e. The lowest BCUT2D eigenvalue weighted by atomic mass is 10.1. The topological polar surface area (TPSA) is 71.4 Å². The van der Waals surface area contributed by atoms with Gasteiger partial charge in [0.1, 0.15) is 0 Å². The van der Waals surface area contributed by atoms with Gasteiger partial charge in [0.2, 0.25) is 0 Å². The van der Waals surface area contributed by atoms with E-state index in [4.69, 9.17) is 11.6 Å². The highest BCUT2D eigenvalue weighted by Crippen LogP contribution is 2.40. The molecule has 4 N–H and O–H groups in total. The van der Waals surface area contributed by atoms with E-state index in [1.807, 2.05) is 36.2 Å². The molecule has 0 amide bonds. The number of nitrogens with zero attached hydrogens (tertiary/aromatic N) is 3. The van der Waals surface area contributed by atoms with Gasteiger partial charge in [-0.1, -0.05) is 0 Å². The van der Waals surface area contributed by atoms with E-state index in [0.29, 0.717) is 0 Å². The minimum atomic E-state index is -0.319. The molecule has 1 aliphatic rings. The fourth-order valence-corrected chi connectivity index (χ4v) is 2.14. The zero-order chi connectivity index (χ0) is 11.3. The Morgan fingerprint density at radius 2 is 2.12 bits per heavy atom. The highest BCUT2D eigenvalue weighted by atomic mass is 15.6. The maximum Gasteiger partial charge on any atom is 0.169 e. The molecule has 3 rings (SSSR count). The summed E-state index contributed by atoms with van der Waals surface area (Å²) < 4.78 is 0. The second-order valence-corrected chi connectivity index (χ2v) is 3.94. The van der Waals surface area contributed by atoms with Crippen LogP contribution in [0, 0.1) is 0 Å². The molecule has 5 heteroatoms. The van der Waals surface area contributed by atoms with Crippen molar-refractivity contribution < 1.29 is 0 Å². The van der Waals surface area contributed by atoms with Gasteiger partial charge in [0.05, 0.1) is 16.9 Å². The summed E-state index contributed by atoms with van der Waals surface area (Å²) in [6.07, 6.45) is 1.45. The van der Waals surface area contributed by atoms with Gasteiger partial charge < -0.3 is 4.90 Å². The Morgan fingerprint density at radius 1 is 1.31 bits per heavy atom. The number of aromatic nitrogens is 1. The number of pyridine rings is 1. The highest BCUT2D eigenvalue weighted by molar-refractivity contribution is 6.00. The average molecular weight is 215 g/mol. The van der Waals surface area contributed by atoms with Crippen LogP contribution < -0.4 is 21.5 Å². The van der Waals surface area contributed by atoms with Crippen LogP contribution in [-0.4, -0.2) is 18.3 Å². The molecule has 0 radical (unpaired) electrons. The molecule has 2 heterocycles. The third-order valence-corrected chi connectivity index (χ3v) is 3.06. The van der Waals surface area contributed by atoms with Gasteiger partial charge in [-0.25, -0.2) is 5.84 Å². The van der Waals surface area contributed by atoms with Crippen molar-refractivity contribution in [3.63, 3.8) is 0 Å². The van der Waals surface area contributed by atoms with Crippen LogP contribution in [0.1, 0.15) is 0 Å². The predicted molar refractivity (Wildman–Crippen MR) is 64.8 cm³/mol. The Labute approximate surface area is 93.2 Å². The molecule has 16 heavy (non-hydrogen) atoms. The number of hydrogen-bond acceptors (Lipinski definition) is 5. The van der Waals surface area contributed by atoms with Gasteiger partial charge >= 0.3 is 0 Å². The van der Waals surface area contributed by atoms with Crippen molar-refractivity contribution in [2.24, 2.45) is 11.6 Å². The normalized spacial score (nSPS) is 19.3. The molecule has 1 atom stereocenters. The average Bonchev–Trinajstić information content (AvgIpc) is 2.55. The maximum absolute atomic E-state index is 5.99. The van der Waals surface area contributed by atoms with Crippen molar-refractivity contribution in [2.75, 3.05) is 17.0 Å². The van der Waals surface area contributed by atoms with Crippen molar-refractivity contribution in [1.29, 1.82) is 0 Å². The van der Waals surface area contributed by atoms with E-state index in [1.165, 1.54) is 0 Å². The quantitative estimate of drug-likeness (QED) is 0.630. The Balaban J connectivity index is 2.36. The molecular weight excluding hydrogens is 202 g/mol. The Morgan fingerprint density at radius 3 is 2.94 bits per heavy atom. The van der Waals surface area contributed by atoms with Gasteiger partial charge in [0, 0.05) is 18.6 Å². The third kappa shape index (κ3) is 1.04. The van der Waals surface area contributed by atoms with Crippen LogP contribution in [-0.2, 0) is 0 Å². The lowest BCUT2D eigenvalue weighted by molar-refractivity contribution is 0.650. The minimum Gasteiger partial charge on any atom is -0.339 e. The van der Waals surface area contributed by atoms with E-state index in [9.17, 15) is 0 Å². The number of nitrogens with two attached hydrogens (primary N) is 2. The van der Waals surface area contributed by atoms with Crippen LogP contribution in [0.25, 0.3) is 10.9 Å². The first-order valence-electron chi connectivity index (χ1n) is 5.10. The minimum absolute atomic E-state index is 0.319. The van der Waals surface area contributed by atoms with Gasteiger partial charge in [0.25, 0.3) is 0 Å². The van der Waals surface area contributed by atoms with Gasteiger partial charge in [-0.15, -0.1) is 0 Å². The van der Waals surface area contributed by atoms with Crippen LogP contribution in [0.15, 0.2) is 30.5 Å². The summed E-state index contributed by atoms with van der Waals surface area (Å²) in [4.78, 5) is 6.25. The molecule has 1 aromatic carbocycles. The lowest BCUT2D eigenvalue weighted by Crippen LogP contribution is -2.51. The summed E-state index contributed by atoms with van der Waals surface area (Å²) >= 11 is 0. The van der Waals surface area contributed by atoms with E-state index in [1.54, 1.807) is 11.2 Å². The Bertz CT molecular complexity index is 553. The third-order valence-electron chi connectivity index (χ3n) is 3.06. The SMILES string of the molecule is CN1c2ccc3ncccc3c2N(N)C1N. The van der Waals surface area contributed by atoms with Crippen LogP contribution in [0.4, 0.5) is 11.4 Å². The molecule has 0 saturated carbocycles. The van der Waals surface area contributed by atoms with Crippen LogP contribution in [0.5, 0.6) is 0 Å². The number of benzene rings is 1. The van der Waals surface area contributed by atoms with E-state index >= 15 is 0 Å². The molecule has 0 saturated heterocycles. The van der Waals surface area contributed by atoms with Crippen molar-refractivity contribution in [2.45, 2.75) is 6.29 Å². The first-order chi connectivity index (χ1) is 7.70. The van der Waals surface area contributed by atoms with Crippen LogP contribution in [0.3, 0.4) is 0 Å². The van der Waals surface area contributed by atoms with E-state index in [2.05, 4.69) is 4.98 Å². The number of fused-ring (bicyclic) bond motifs is 3. The van der Waals surface area contributed by atoms with Gasteiger partial charge in [0.15, 0.2) is 6.29 Å². The number of anilines is 2. The predicted octanol–water partition coefficient (Wildman–Crippen LogP) is 0.607. The molecule has 2 aromatic rings. The zero-order valence-electron chi connectivity index (χ0n) is 8.96. The van der Waals surface area contributed by atoms with Crippen molar-refractivity contribution in [3.8, 4) is 0 Å². The number of hydrogen-bond donors (Lipinski definition) is 2. The van der Waals surface area contributed by atoms with E-state index in [-0.39, 0.29) is 6.29 Å². The standard InChI is InChI=1S/C11H13N5/c1-15-9-5-4-8-7(3-2-6-14-8)10(9)16(13)11(15)12/h2-6,11H,12-13H2,1H3. The molecule has 1 aliphatic heterocycles. The first-order valence-corrected chi connectivity index (χ1v) is 5.10. The summed E-state index contributed by atoms with van der Waals surface area (Å²) in [7, 11) is 1.93. The molecule has 0 fully saturated rings. The first kappa shape index (κ1) is 9.38. The summed E-state index contributed by atoms with van der Waals surface area (Å²) in [6.45, 7) is 0. The van der Waals surface area contributed by atoms with Gasteiger partial charge in [-0.3, -0.25) is 15.7 Å². The van der Waals surface area contributed by atoms with Crippen molar-refractivity contribution in [3.05, 3.63) is 30.5 Å². The van der Waals surface area contributed by atoms with E-state index < -0.39 is 0 Å². The van der Waals surface area contributed by atoms with Crippen molar-refractivity contribution in [1.82, 2.24) is 4.98 Å². The number of hydrazine groups is 1. The summed E-state index contributed by atoms with van der Waals surface area (Å²) in [6, 6.07) is 7.89. The van der Waals surface area contributed by atoms with E-state index in [0.717, 1.165) is 22.3 Å². The summed E-state index contributed by atoms with van der Waals surface area (Å²) in [5.41, 5.74) is 8.88. The summed E-state index contributed by atoms with van der Waals surface area (Å²) in [5.74, 6) is 5.99. The number of rotatable bonds is 0. The largest absolute Gasteiger partial charge is 0.339 e. The maximum atomic E-state index is 5.99. The van der Waals surface area contributed by atoms with Crippen LogP contribution >= 0.6 is 0 Å². The summed E-state index contributed by atoms with van der Waals surface area (Å²) in [5, 5.41) is 2.61. The Kier molecular flexibility index (Phi) is 1.80. The molecule has 0 spiro atoms. The fraction of sp³-hybridized carbons (Fsp3) is 0.182. The molecule has 0 aliphatic carbocycles. The van der Waals surface area contributed by atoms with Crippen LogP contribution in [0.2, 0.25) is 0 Å². The molecule has 1 unspecified atom stereocenters. The van der Waals surface area contributed by atoms with Gasteiger partial charge in [-0.2, -0.15) is 0 Å². The fourth-order valence-electron chi connectivity index (χ4n) is 2.14. The lowest BCUT2D eigenvalue weighted by Gasteiger charge is -2.22. The molecule has 5 nitrogen and oxygen atoms in total. The highest BCUT2D eigenvalue weighted by Gasteiger charge is 2.30. The molecule has 82 valence electrons.